The summed E-state index contributed by atoms with van der Waals surface area (Å²) in [4.78, 5) is 25.0. The second-order valence-corrected chi connectivity index (χ2v) is 7.43. The number of rotatable bonds is 6. The normalized spacial score (nSPS) is 20.5. The van der Waals surface area contributed by atoms with Gasteiger partial charge in [-0.2, -0.15) is 0 Å². The molecular formula is C22H25NO6. The third kappa shape index (κ3) is 4.15. The number of carbonyl (C=O) groups is 2. The minimum Gasteiger partial charge on any atom is -0.485 e. The third-order valence-electron chi connectivity index (χ3n) is 5.40. The topological polar surface area (TPSA) is 76.0 Å². The molecule has 1 saturated heterocycles. The molecule has 2 aliphatic rings. The number of nitrogens with zero attached hydrogens (tertiary/aromatic N) is 1. The number of Topliss-reactive ketones (excluding diaryl/α,β-unsaturated/α-hetero) is 1. The van der Waals surface area contributed by atoms with Crippen LogP contribution in [0.5, 0.6) is 11.5 Å². The van der Waals surface area contributed by atoms with Gasteiger partial charge < -0.3 is 23.5 Å². The van der Waals surface area contributed by atoms with E-state index in [4.69, 9.17) is 18.9 Å². The predicted octanol–water partition coefficient (Wildman–Crippen LogP) is 2.85. The minimum absolute atomic E-state index is 0.0555. The molecule has 0 radical (unpaired) electrons. The summed E-state index contributed by atoms with van der Waals surface area (Å²) in [6.45, 7) is 5.13. The highest BCUT2D eigenvalue weighted by Gasteiger charge is 2.29. The van der Waals surface area contributed by atoms with Crippen molar-refractivity contribution < 1.29 is 28.5 Å². The fourth-order valence-electron chi connectivity index (χ4n) is 3.80. The van der Waals surface area contributed by atoms with Crippen LogP contribution in [0.4, 0.5) is 0 Å². The number of hydrogen-bond acceptors (Lipinski definition) is 6. The van der Waals surface area contributed by atoms with Crippen LogP contribution in [0.1, 0.15) is 34.6 Å². The standard InChI is InChI=1S/C22H25NO6/c1-14-10-17(15(2)23(14)11-16-6-5-9-26-16)18(24)12-28-22(25)21-13-27-19-7-3-4-8-20(19)29-21/h3-4,7-8,10,16,21H,5-6,9,11-13H2,1-2H3/t16-,21+/m1/s1. The summed E-state index contributed by atoms with van der Waals surface area (Å²) in [7, 11) is 0. The zero-order valence-electron chi connectivity index (χ0n) is 16.7. The van der Waals surface area contributed by atoms with Gasteiger partial charge in [0.1, 0.15) is 6.61 Å². The molecule has 0 spiro atoms. The highest BCUT2D eigenvalue weighted by atomic mass is 16.6. The van der Waals surface area contributed by atoms with Crippen molar-refractivity contribution in [2.24, 2.45) is 0 Å². The number of ether oxygens (including phenoxy) is 4. The van der Waals surface area contributed by atoms with Gasteiger partial charge in [0.05, 0.1) is 6.10 Å². The zero-order chi connectivity index (χ0) is 20.4. The third-order valence-corrected chi connectivity index (χ3v) is 5.40. The van der Waals surface area contributed by atoms with Crippen molar-refractivity contribution in [3.05, 3.63) is 47.3 Å². The minimum atomic E-state index is -0.885. The number of fused-ring (bicyclic) bond motifs is 1. The van der Waals surface area contributed by atoms with Gasteiger partial charge in [0.25, 0.3) is 0 Å². The molecule has 0 amide bonds. The highest BCUT2D eigenvalue weighted by Crippen LogP contribution is 2.31. The van der Waals surface area contributed by atoms with E-state index in [1.807, 2.05) is 26.0 Å². The molecule has 29 heavy (non-hydrogen) atoms. The molecule has 1 aromatic heterocycles. The van der Waals surface area contributed by atoms with Crippen LogP contribution in [0.25, 0.3) is 0 Å². The van der Waals surface area contributed by atoms with E-state index in [1.54, 1.807) is 18.2 Å². The molecule has 0 saturated carbocycles. The maximum Gasteiger partial charge on any atom is 0.351 e. The molecular weight excluding hydrogens is 374 g/mol. The van der Waals surface area contributed by atoms with Gasteiger partial charge in [0, 0.05) is 30.1 Å². The number of esters is 1. The van der Waals surface area contributed by atoms with Gasteiger partial charge in [-0.15, -0.1) is 0 Å². The molecule has 3 heterocycles. The number of aryl methyl sites for hydroxylation is 1. The molecule has 7 heteroatoms. The van der Waals surface area contributed by atoms with E-state index in [0.717, 1.165) is 37.4 Å². The lowest BCUT2D eigenvalue weighted by atomic mass is 10.1. The van der Waals surface area contributed by atoms with Crippen molar-refractivity contribution in [2.45, 2.75) is 45.4 Å². The predicted molar refractivity (Wildman–Crippen MR) is 105 cm³/mol. The quantitative estimate of drug-likeness (QED) is 0.549. The van der Waals surface area contributed by atoms with E-state index in [0.29, 0.717) is 17.1 Å². The molecule has 0 N–H and O–H groups in total. The van der Waals surface area contributed by atoms with Crippen LogP contribution in [0.15, 0.2) is 30.3 Å². The van der Waals surface area contributed by atoms with Crippen LogP contribution in [0, 0.1) is 13.8 Å². The summed E-state index contributed by atoms with van der Waals surface area (Å²) in [5, 5.41) is 0. The lowest BCUT2D eigenvalue weighted by Gasteiger charge is -2.24. The molecule has 1 aromatic carbocycles. The van der Waals surface area contributed by atoms with Gasteiger partial charge in [-0.3, -0.25) is 4.79 Å². The Bertz CT molecular complexity index is 912. The van der Waals surface area contributed by atoms with Gasteiger partial charge in [0.2, 0.25) is 11.9 Å². The van der Waals surface area contributed by atoms with Gasteiger partial charge in [-0.05, 0) is 44.9 Å². The number of aromatic nitrogens is 1. The van der Waals surface area contributed by atoms with Crippen molar-refractivity contribution in [1.29, 1.82) is 0 Å². The van der Waals surface area contributed by atoms with E-state index in [9.17, 15) is 9.59 Å². The van der Waals surface area contributed by atoms with Crippen LogP contribution < -0.4 is 9.47 Å². The fourth-order valence-corrected chi connectivity index (χ4v) is 3.80. The average Bonchev–Trinajstić information content (AvgIpc) is 3.35. The molecule has 2 aromatic rings. The van der Waals surface area contributed by atoms with Crippen molar-refractivity contribution in [1.82, 2.24) is 4.57 Å². The summed E-state index contributed by atoms with van der Waals surface area (Å²) in [5.74, 6) is 0.235. The molecule has 1 fully saturated rings. The van der Waals surface area contributed by atoms with Crippen molar-refractivity contribution >= 4 is 11.8 Å². The molecule has 7 nitrogen and oxygen atoms in total. The maximum absolute atomic E-state index is 12.7. The van der Waals surface area contributed by atoms with Crippen LogP contribution in [-0.2, 0) is 20.8 Å². The van der Waals surface area contributed by atoms with Crippen molar-refractivity contribution in [3.63, 3.8) is 0 Å². The number of ketones is 1. The molecule has 4 rings (SSSR count). The monoisotopic (exact) mass is 399 g/mol. The maximum atomic E-state index is 12.7. The summed E-state index contributed by atoms with van der Waals surface area (Å²) < 4.78 is 24.2. The summed E-state index contributed by atoms with van der Waals surface area (Å²) in [5.41, 5.74) is 2.43. The SMILES string of the molecule is Cc1cc(C(=O)COC(=O)[C@@H]2COc3ccccc3O2)c(C)n1C[C@H]1CCCO1. The first kappa shape index (κ1) is 19.5. The Balaban J connectivity index is 1.35. The molecule has 0 unspecified atom stereocenters. The Hall–Kier alpha value is -2.80. The largest absolute Gasteiger partial charge is 0.485 e. The fraction of sp³-hybridized carbons (Fsp3) is 0.455. The van der Waals surface area contributed by atoms with E-state index in [-0.39, 0.29) is 25.1 Å². The van der Waals surface area contributed by atoms with Gasteiger partial charge >= 0.3 is 5.97 Å². The molecule has 0 aliphatic carbocycles. The molecule has 0 bridgehead atoms. The van der Waals surface area contributed by atoms with Gasteiger partial charge in [-0.25, -0.2) is 4.79 Å². The second kappa shape index (κ2) is 8.29. The van der Waals surface area contributed by atoms with Gasteiger partial charge in [0.15, 0.2) is 18.1 Å². The zero-order valence-corrected chi connectivity index (χ0v) is 16.7. The highest BCUT2D eigenvalue weighted by molar-refractivity contribution is 5.99. The molecule has 2 atom stereocenters. The Morgan fingerprint density at radius 3 is 2.76 bits per heavy atom. The first-order valence-corrected chi connectivity index (χ1v) is 9.89. The van der Waals surface area contributed by atoms with Gasteiger partial charge in [-0.1, -0.05) is 12.1 Å². The lowest BCUT2D eigenvalue weighted by molar-refractivity contribution is -0.153. The molecule has 2 aliphatic heterocycles. The summed E-state index contributed by atoms with van der Waals surface area (Å²) >= 11 is 0. The second-order valence-electron chi connectivity index (χ2n) is 7.43. The number of para-hydroxylation sites is 2. The number of carbonyl (C=O) groups excluding carboxylic acids is 2. The van der Waals surface area contributed by atoms with Crippen molar-refractivity contribution in [3.8, 4) is 11.5 Å². The lowest BCUT2D eigenvalue weighted by Crippen LogP contribution is -2.38. The van der Waals surface area contributed by atoms with Crippen LogP contribution in [0.2, 0.25) is 0 Å². The first-order chi connectivity index (χ1) is 14.0. The number of hydrogen-bond donors (Lipinski definition) is 0. The Morgan fingerprint density at radius 2 is 2.00 bits per heavy atom. The van der Waals surface area contributed by atoms with Crippen molar-refractivity contribution in [2.75, 3.05) is 19.8 Å². The van der Waals surface area contributed by atoms with Crippen LogP contribution in [-0.4, -0.2) is 48.3 Å². The average molecular weight is 399 g/mol. The smallest absolute Gasteiger partial charge is 0.351 e. The number of benzene rings is 1. The summed E-state index contributed by atoms with van der Waals surface area (Å²) in [6.07, 6.45) is 1.41. The van der Waals surface area contributed by atoms with E-state index >= 15 is 0 Å². The van der Waals surface area contributed by atoms with E-state index in [2.05, 4.69) is 4.57 Å². The van der Waals surface area contributed by atoms with E-state index < -0.39 is 12.1 Å². The molecule has 154 valence electrons. The van der Waals surface area contributed by atoms with E-state index in [1.165, 1.54) is 0 Å². The van der Waals surface area contributed by atoms with Crippen LogP contribution >= 0.6 is 0 Å². The Labute approximate surface area is 169 Å². The summed E-state index contributed by atoms with van der Waals surface area (Å²) in [6, 6.07) is 8.97. The Morgan fingerprint density at radius 1 is 1.21 bits per heavy atom. The Kier molecular flexibility index (Phi) is 5.58. The first-order valence-electron chi connectivity index (χ1n) is 9.89. The van der Waals surface area contributed by atoms with Crippen LogP contribution in [0.3, 0.4) is 0 Å².